The van der Waals surface area contributed by atoms with Crippen LogP contribution in [0.15, 0.2) is 0 Å². The number of carbonyl (C=O) groups is 2. The summed E-state index contributed by atoms with van der Waals surface area (Å²) in [6.07, 6.45) is 2.80. The largest absolute Gasteiger partial charge is 0.344 e. The molecule has 20 heavy (non-hydrogen) atoms. The molecule has 5 nitrogen and oxygen atoms in total. The molecule has 1 aliphatic heterocycles. The van der Waals surface area contributed by atoms with Crippen molar-refractivity contribution < 1.29 is 9.59 Å². The number of hydrogen-bond donors (Lipinski definition) is 2. The van der Waals surface area contributed by atoms with Crippen molar-refractivity contribution in [3.63, 3.8) is 0 Å². The number of carbonyl (C=O) groups excluding carboxylic acids is 2. The maximum absolute atomic E-state index is 11.7. The summed E-state index contributed by atoms with van der Waals surface area (Å²) >= 11 is 0. The van der Waals surface area contributed by atoms with Crippen molar-refractivity contribution in [2.24, 2.45) is 11.3 Å². The molecule has 0 aromatic heterocycles. The van der Waals surface area contributed by atoms with Gasteiger partial charge in [0, 0.05) is 20.1 Å². The van der Waals surface area contributed by atoms with E-state index in [4.69, 9.17) is 0 Å². The van der Waals surface area contributed by atoms with Gasteiger partial charge in [-0.25, -0.2) is 4.79 Å². The van der Waals surface area contributed by atoms with Gasteiger partial charge in [-0.05, 0) is 30.6 Å². The molecule has 2 N–H and O–H groups in total. The van der Waals surface area contributed by atoms with Gasteiger partial charge in [-0.1, -0.05) is 27.7 Å². The highest BCUT2D eigenvalue weighted by molar-refractivity contribution is 5.88. The summed E-state index contributed by atoms with van der Waals surface area (Å²) in [5.41, 5.74) is 0.322. The van der Waals surface area contributed by atoms with Gasteiger partial charge in [-0.2, -0.15) is 0 Å². The van der Waals surface area contributed by atoms with E-state index in [0.29, 0.717) is 30.8 Å². The predicted octanol–water partition coefficient (Wildman–Crippen LogP) is 1.98. The molecule has 0 radical (unpaired) electrons. The van der Waals surface area contributed by atoms with E-state index >= 15 is 0 Å². The Hall–Kier alpha value is -1.26. The second-order valence-electron chi connectivity index (χ2n) is 7.16. The van der Waals surface area contributed by atoms with Crippen molar-refractivity contribution in [2.75, 3.05) is 20.1 Å². The molecule has 0 unspecified atom stereocenters. The first-order valence-corrected chi connectivity index (χ1v) is 7.48. The third-order valence-corrected chi connectivity index (χ3v) is 3.62. The topological polar surface area (TPSA) is 61.4 Å². The summed E-state index contributed by atoms with van der Waals surface area (Å²) in [7, 11) is 1.76. The van der Waals surface area contributed by atoms with Crippen molar-refractivity contribution in [1.82, 2.24) is 15.5 Å². The lowest BCUT2D eigenvalue weighted by molar-refractivity contribution is -0.128. The highest BCUT2D eigenvalue weighted by Crippen LogP contribution is 2.25. The first-order valence-electron chi connectivity index (χ1n) is 7.48. The number of amides is 3. The third kappa shape index (κ3) is 5.80. The Kier molecular flexibility index (Phi) is 5.84. The van der Waals surface area contributed by atoms with Crippen LogP contribution in [0.25, 0.3) is 0 Å². The van der Waals surface area contributed by atoms with E-state index < -0.39 is 0 Å². The zero-order valence-electron chi connectivity index (χ0n) is 13.5. The average molecular weight is 283 g/mol. The number of likely N-dealkylation sites (tertiary alicyclic amines) is 1. The van der Waals surface area contributed by atoms with Crippen molar-refractivity contribution in [1.29, 1.82) is 0 Å². The molecule has 0 saturated carbocycles. The Labute approximate surface area is 122 Å². The highest BCUT2D eigenvalue weighted by Gasteiger charge is 2.30. The minimum absolute atomic E-state index is 0.00116. The van der Waals surface area contributed by atoms with E-state index in [1.807, 2.05) is 0 Å². The molecule has 0 aromatic carbocycles. The summed E-state index contributed by atoms with van der Waals surface area (Å²) in [6, 6.07) is -0.589. The quantitative estimate of drug-likeness (QED) is 0.810. The molecule has 1 rings (SSSR count). The van der Waals surface area contributed by atoms with Crippen LogP contribution < -0.4 is 10.6 Å². The zero-order chi connectivity index (χ0) is 15.3. The summed E-state index contributed by atoms with van der Waals surface area (Å²) in [5.74, 6) is 0.579. The number of nitrogens with one attached hydrogen (secondary N) is 2. The van der Waals surface area contributed by atoms with Gasteiger partial charge in [0.15, 0.2) is 0 Å². The van der Waals surface area contributed by atoms with Crippen molar-refractivity contribution in [3.8, 4) is 0 Å². The van der Waals surface area contributed by atoms with Crippen molar-refractivity contribution >= 4 is 11.9 Å². The minimum Gasteiger partial charge on any atom is -0.344 e. The Balaban J connectivity index is 2.19. The van der Waals surface area contributed by atoms with Crippen LogP contribution in [-0.4, -0.2) is 43.0 Å². The van der Waals surface area contributed by atoms with Gasteiger partial charge in [0.05, 0.1) is 0 Å². The lowest BCUT2D eigenvalue weighted by Crippen LogP contribution is -2.46. The molecule has 0 bridgehead atoms. The van der Waals surface area contributed by atoms with E-state index in [9.17, 15) is 9.59 Å². The van der Waals surface area contributed by atoms with Gasteiger partial charge in [0.25, 0.3) is 0 Å². The second-order valence-corrected chi connectivity index (χ2v) is 7.16. The first-order chi connectivity index (χ1) is 9.19. The van der Waals surface area contributed by atoms with Crippen LogP contribution in [0.3, 0.4) is 0 Å². The molecule has 5 heteroatoms. The monoisotopic (exact) mass is 283 g/mol. The van der Waals surface area contributed by atoms with Gasteiger partial charge in [-0.15, -0.1) is 0 Å². The molecule has 0 aliphatic carbocycles. The van der Waals surface area contributed by atoms with Gasteiger partial charge in [0.1, 0.15) is 6.04 Å². The van der Waals surface area contributed by atoms with Crippen LogP contribution >= 0.6 is 0 Å². The molecule has 1 fully saturated rings. The Morgan fingerprint density at radius 2 is 2.10 bits per heavy atom. The highest BCUT2D eigenvalue weighted by atomic mass is 16.2. The van der Waals surface area contributed by atoms with E-state index in [1.165, 1.54) is 0 Å². The summed E-state index contributed by atoms with van der Waals surface area (Å²) < 4.78 is 0. The van der Waals surface area contributed by atoms with Crippen LogP contribution in [-0.2, 0) is 4.79 Å². The van der Waals surface area contributed by atoms with Gasteiger partial charge in [-0.3, -0.25) is 4.79 Å². The van der Waals surface area contributed by atoms with Gasteiger partial charge in [0.2, 0.25) is 5.91 Å². The van der Waals surface area contributed by atoms with Crippen LogP contribution in [0.1, 0.15) is 47.0 Å². The predicted molar refractivity (Wildman–Crippen MR) is 80.4 cm³/mol. The molecule has 0 spiro atoms. The van der Waals surface area contributed by atoms with Crippen LogP contribution in [0.5, 0.6) is 0 Å². The number of nitrogens with zero attached hydrogens (tertiary/aromatic N) is 1. The maximum Gasteiger partial charge on any atom is 0.315 e. The SMILES string of the molecule is C[C@H](CCNC(=O)N[C@H]1CCN(C)C1=O)CC(C)(C)C. The molecule has 2 atom stereocenters. The molecule has 0 aromatic rings. The molecule has 1 saturated heterocycles. The molecule has 3 amide bonds. The standard InChI is InChI=1S/C15H29N3O2/c1-11(10-15(2,3)4)6-8-16-14(20)17-12-7-9-18(5)13(12)19/h11-12H,6-10H2,1-5H3,(H2,16,17,20)/t11-,12+/m1/s1. The van der Waals surface area contributed by atoms with Crippen molar-refractivity contribution in [2.45, 2.75) is 53.0 Å². The Morgan fingerprint density at radius 1 is 1.45 bits per heavy atom. The first kappa shape index (κ1) is 16.8. The van der Waals surface area contributed by atoms with E-state index in [0.717, 1.165) is 12.8 Å². The molecular formula is C15H29N3O2. The lowest BCUT2D eigenvalue weighted by Gasteiger charge is -2.23. The smallest absolute Gasteiger partial charge is 0.315 e. The molecule has 1 aliphatic rings. The number of hydrogen-bond acceptors (Lipinski definition) is 2. The van der Waals surface area contributed by atoms with E-state index in [1.54, 1.807) is 11.9 Å². The maximum atomic E-state index is 11.7. The summed E-state index contributed by atoms with van der Waals surface area (Å²) in [4.78, 5) is 25.0. The fraction of sp³-hybridized carbons (Fsp3) is 0.867. The minimum atomic E-state index is -0.355. The Morgan fingerprint density at radius 3 is 2.60 bits per heavy atom. The molecular weight excluding hydrogens is 254 g/mol. The Bertz CT molecular complexity index is 350. The van der Waals surface area contributed by atoms with E-state index in [2.05, 4.69) is 38.3 Å². The van der Waals surface area contributed by atoms with Crippen LogP contribution in [0.2, 0.25) is 0 Å². The number of likely N-dealkylation sites (N-methyl/N-ethyl adjacent to an activating group) is 1. The second kappa shape index (κ2) is 6.95. The number of rotatable bonds is 5. The van der Waals surface area contributed by atoms with Crippen LogP contribution in [0.4, 0.5) is 4.79 Å². The van der Waals surface area contributed by atoms with Gasteiger partial charge >= 0.3 is 6.03 Å². The molecule has 116 valence electrons. The summed E-state index contributed by atoms with van der Waals surface area (Å²) in [5, 5.41) is 5.58. The van der Waals surface area contributed by atoms with E-state index in [-0.39, 0.29) is 18.0 Å². The lowest BCUT2D eigenvalue weighted by atomic mass is 9.84. The fourth-order valence-electron chi connectivity index (χ4n) is 2.75. The van der Waals surface area contributed by atoms with Gasteiger partial charge < -0.3 is 15.5 Å². The third-order valence-electron chi connectivity index (χ3n) is 3.62. The fourth-order valence-corrected chi connectivity index (χ4v) is 2.75. The van der Waals surface area contributed by atoms with Crippen LogP contribution in [0, 0.1) is 11.3 Å². The molecule has 1 heterocycles. The zero-order valence-corrected chi connectivity index (χ0v) is 13.5. The normalized spacial score (nSPS) is 20.9. The van der Waals surface area contributed by atoms with Crippen molar-refractivity contribution in [3.05, 3.63) is 0 Å². The average Bonchev–Trinajstić information content (AvgIpc) is 2.58. The number of urea groups is 1. The summed E-state index contributed by atoms with van der Waals surface area (Å²) in [6.45, 7) is 10.3.